The van der Waals surface area contributed by atoms with E-state index in [2.05, 4.69) is 5.32 Å². The molecule has 4 nitrogen and oxygen atoms in total. The third kappa shape index (κ3) is 4.85. The van der Waals surface area contributed by atoms with E-state index in [0.29, 0.717) is 6.61 Å². The van der Waals surface area contributed by atoms with E-state index in [1.54, 1.807) is 0 Å². The van der Waals surface area contributed by atoms with Crippen molar-refractivity contribution in [2.75, 3.05) is 26.3 Å². The highest BCUT2D eigenvalue weighted by atomic mass is 16.5. The number of piperidine rings is 1. The van der Waals surface area contributed by atoms with Crippen molar-refractivity contribution in [1.29, 1.82) is 0 Å². The van der Waals surface area contributed by atoms with Crippen LogP contribution < -0.4 is 11.1 Å². The van der Waals surface area contributed by atoms with Crippen molar-refractivity contribution in [3.05, 3.63) is 0 Å². The normalized spacial score (nSPS) is 18.8. The number of nitrogens with two attached hydrogens (primary N) is 1. The van der Waals surface area contributed by atoms with E-state index in [1.807, 2.05) is 0 Å². The summed E-state index contributed by atoms with van der Waals surface area (Å²) in [4.78, 5) is 10.3. The van der Waals surface area contributed by atoms with Gasteiger partial charge in [0.1, 0.15) is 6.61 Å². The number of amides is 1. The second kappa shape index (κ2) is 5.94. The summed E-state index contributed by atoms with van der Waals surface area (Å²) in [5, 5.41) is 3.31. The van der Waals surface area contributed by atoms with E-state index in [4.69, 9.17) is 10.5 Å². The lowest BCUT2D eigenvalue weighted by Gasteiger charge is -2.22. The molecule has 0 bridgehead atoms. The molecule has 0 aromatic carbocycles. The molecular formula is C9H18N2O2. The van der Waals surface area contributed by atoms with Crippen LogP contribution in [-0.4, -0.2) is 32.2 Å². The highest BCUT2D eigenvalue weighted by molar-refractivity contribution is 5.74. The van der Waals surface area contributed by atoms with E-state index in [-0.39, 0.29) is 12.5 Å². The molecule has 0 unspecified atom stereocenters. The minimum absolute atomic E-state index is 0.0605. The van der Waals surface area contributed by atoms with Gasteiger partial charge in [-0.2, -0.15) is 0 Å². The second-order valence-electron chi connectivity index (χ2n) is 3.50. The summed E-state index contributed by atoms with van der Waals surface area (Å²) in [5.41, 5.74) is 4.94. The number of hydrogen-bond acceptors (Lipinski definition) is 3. The van der Waals surface area contributed by atoms with Crippen LogP contribution in [-0.2, 0) is 9.53 Å². The molecule has 0 saturated carbocycles. The van der Waals surface area contributed by atoms with Gasteiger partial charge in [-0.15, -0.1) is 0 Å². The summed E-state index contributed by atoms with van der Waals surface area (Å²) in [6.45, 7) is 2.94. The zero-order valence-corrected chi connectivity index (χ0v) is 7.92. The molecule has 13 heavy (non-hydrogen) atoms. The van der Waals surface area contributed by atoms with Crippen molar-refractivity contribution in [2.45, 2.75) is 19.3 Å². The van der Waals surface area contributed by atoms with Gasteiger partial charge in [0, 0.05) is 6.61 Å². The molecule has 0 aliphatic carbocycles. The van der Waals surface area contributed by atoms with Crippen LogP contribution in [0, 0.1) is 5.92 Å². The molecule has 1 heterocycles. The average Bonchev–Trinajstić information content (AvgIpc) is 2.14. The molecule has 0 atom stereocenters. The summed E-state index contributed by atoms with van der Waals surface area (Å²) < 4.78 is 5.10. The number of rotatable bonds is 5. The van der Waals surface area contributed by atoms with Crippen LogP contribution in [0.4, 0.5) is 0 Å². The fourth-order valence-corrected chi connectivity index (χ4v) is 1.59. The van der Waals surface area contributed by atoms with E-state index < -0.39 is 0 Å². The summed E-state index contributed by atoms with van der Waals surface area (Å²) in [6, 6.07) is 0. The van der Waals surface area contributed by atoms with Crippen LogP contribution in [0.15, 0.2) is 0 Å². The first kappa shape index (κ1) is 10.5. The Morgan fingerprint density at radius 2 is 2.15 bits per heavy atom. The van der Waals surface area contributed by atoms with Gasteiger partial charge in [0.05, 0.1) is 0 Å². The van der Waals surface area contributed by atoms with Gasteiger partial charge >= 0.3 is 0 Å². The zero-order chi connectivity index (χ0) is 9.52. The zero-order valence-electron chi connectivity index (χ0n) is 7.92. The van der Waals surface area contributed by atoms with Crippen molar-refractivity contribution >= 4 is 5.91 Å². The van der Waals surface area contributed by atoms with E-state index >= 15 is 0 Å². The van der Waals surface area contributed by atoms with Crippen LogP contribution in [0.25, 0.3) is 0 Å². The molecule has 0 aromatic heterocycles. The summed E-state index contributed by atoms with van der Waals surface area (Å²) >= 11 is 0. The van der Waals surface area contributed by atoms with Gasteiger partial charge in [-0.05, 0) is 38.3 Å². The van der Waals surface area contributed by atoms with Crippen LogP contribution in [0.3, 0.4) is 0 Å². The molecule has 1 aliphatic rings. The number of ether oxygens (including phenoxy) is 1. The molecule has 0 radical (unpaired) electrons. The molecule has 1 saturated heterocycles. The third-order valence-corrected chi connectivity index (χ3v) is 2.37. The number of hydrogen-bond donors (Lipinski definition) is 2. The first-order chi connectivity index (χ1) is 6.29. The fraction of sp³-hybridized carbons (Fsp3) is 0.889. The number of carbonyl (C=O) groups excluding carboxylic acids is 1. The second-order valence-corrected chi connectivity index (χ2v) is 3.50. The van der Waals surface area contributed by atoms with Gasteiger partial charge in [-0.25, -0.2) is 0 Å². The Labute approximate surface area is 78.8 Å². The molecule has 1 aliphatic heterocycles. The van der Waals surface area contributed by atoms with Gasteiger partial charge in [0.15, 0.2) is 0 Å². The van der Waals surface area contributed by atoms with Crippen LogP contribution in [0.1, 0.15) is 19.3 Å². The fourth-order valence-electron chi connectivity index (χ4n) is 1.59. The van der Waals surface area contributed by atoms with Gasteiger partial charge < -0.3 is 15.8 Å². The molecule has 0 aromatic rings. The van der Waals surface area contributed by atoms with Gasteiger partial charge in [0.2, 0.25) is 5.91 Å². The minimum atomic E-state index is -0.384. The lowest BCUT2D eigenvalue weighted by atomic mass is 9.95. The maximum atomic E-state index is 10.3. The van der Waals surface area contributed by atoms with Crippen molar-refractivity contribution in [1.82, 2.24) is 5.32 Å². The molecular weight excluding hydrogens is 168 g/mol. The van der Waals surface area contributed by atoms with Crippen molar-refractivity contribution in [3.63, 3.8) is 0 Å². The van der Waals surface area contributed by atoms with Crippen molar-refractivity contribution < 1.29 is 9.53 Å². The summed E-state index contributed by atoms with van der Waals surface area (Å²) in [7, 11) is 0. The Kier molecular flexibility index (Phi) is 4.78. The maximum Gasteiger partial charge on any atom is 0.243 e. The Balaban J connectivity index is 1.95. The van der Waals surface area contributed by atoms with Crippen molar-refractivity contribution in [2.24, 2.45) is 11.7 Å². The predicted molar refractivity (Wildman–Crippen MR) is 50.2 cm³/mol. The highest BCUT2D eigenvalue weighted by Gasteiger charge is 2.12. The first-order valence-corrected chi connectivity index (χ1v) is 4.86. The number of primary amides is 1. The Hall–Kier alpha value is -0.610. The van der Waals surface area contributed by atoms with Crippen LogP contribution in [0.2, 0.25) is 0 Å². The lowest BCUT2D eigenvalue weighted by Crippen LogP contribution is -2.28. The van der Waals surface area contributed by atoms with Gasteiger partial charge in [-0.1, -0.05) is 0 Å². The Bertz CT molecular complexity index is 156. The predicted octanol–water partition coefficient (Wildman–Crippen LogP) is -0.122. The SMILES string of the molecule is NC(=O)COCCC1CCNCC1. The molecule has 1 fully saturated rings. The largest absolute Gasteiger partial charge is 0.372 e. The van der Waals surface area contributed by atoms with E-state index in [9.17, 15) is 4.79 Å². The lowest BCUT2D eigenvalue weighted by molar-refractivity contribution is -0.122. The van der Waals surface area contributed by atoms with Gasteiger partial charge in [0.25, 0.3) is 0 Å². The Morgan fingerprint density at radius 1 is 1.46 bits per heavy atom. The number of carbonyl (C=O) groups is 1. The first-order valence-electron chi connectivity index (χ1n) is 4.86. The molecule has 3 N–H and O–H groups in total. The smallest absolute Gasteiger partial charge is 0.243 e. The highest BCUT2D eigenvalue weighted by Crippen LogP contribution is 2.15. The molecule has 0 spiro atoms. The summed E-state index contributed by atoms with van der Waals surface area (Å²) in [6.07, 6.45) is 3.49. The van der Waals surface area contributed by atoms with Crippen LogP contribution >= 0.6 is 0 Å². The molecule has 1 rings (SSSR count). The van der Waals surface area contributed by atoms with E-state index in [0.717, 1.165) is 25.4 Å². The van der Waals surface area contributed by atoms with Gasteiger partial charge in [-0.3, -0.25) is 4.79 Å². The summed E-state index contributed by atoms with van der Waals surface area (Å²) in [5.74, 6) is 0.374. The quantitative estimate of drug-likeness (QED) is 0.588. The third-order valence-electron chi connectivity index (χ3n) is 2.37. The minimum Gasteiger partial charge on any atom is -0.372 e. The average molecular weight is 186 g/mol. The van der Waals surface area contributed by atoms with E-state index in [1.165, 1.54) is 12.8 Å². The monoisotopic (exact) mass is 186 g/mol. The standard InChI is InChI=1S/C9H18N2O2/c10-9(12)7-13-6-3-8-1-4-11-5-2-8/h8,11H,1-7H2,(H2,10,12). The topological polar surface area (TPSA) is 64.4 Å². The number of nitrogens with one attached hydrogen (secondary N) is 1. The molecule has 1 amide bonds. The van der Waals surface area contributed by atoms with Crippen molar-refractivity contribution in [3.8, 4) is 0 Å². The molecule has 76 valence electrons. The van der Waals surface area contributed by atoms with Crippen LogP contribution in [0.5, 0.6) is 0 Å². The Morgan fingerprint density at radius 3 is 2.77 bits per heavy atom. The maximum absolute atomic E-state index is 10.3. The molecule has 4 heteroatoms.